The van der Waals surface area contributed by atoms with Crippen LogP contribution in [0.3, 0.4) is 0 Å². The summed E-state index contributed by atoms with van der Waals surface area (Å²) in [5.74, 6) is -0.441. The fourth-order valence-electron chi connectivity index (χ4n) is 2.40. The number of rotatable bonds is 5. The van der Waals surface area contributed by atoms with Gasteiger partial charge in [-0.2, -0.15) is 10.2 Å². The lowest BCUT2D eigenvalue weighted by atomic mass is 10.1. The largest absolute Gasteiger partial charge is 0.459 e. The molecule has 3 aromatic rings. The molecule has 0 radical (unpaired) electrons. The van der Waals surface area contributed by atoms with Crippen LogP contribution in [0, 0.1) is 13.8 Å². The van der Waals surface area contributed by atoms with E-state index in [9.17, 15) is 4.79 Å². The van der Waals surface area contributed by atoms with E-state index in [1.807, 2.05) is 36.7 Å². The quantitative estimate of drug-likeness (QED) is 0.720. The van der Waals surface area contributed by atoms with Crippen molar-refractivity contribution in [2.24, 2.45) is 0 Å². The van der Waals surface area contributed by atoms with Crippen LogP contribution < -0.4 is 0 Å². The summed E-state index contributed by atoms with van der Waals surface area (Å²) in [6, 6.07) is 10.9. The maximum absolute atomic E-state index is 12.1. The summed E-state index contributed by atoms with van der Waals surface area (Å²) in [7, 11) is 0. The molecule has 0 aliphatic rings. The molecule has 7 heteroatoms. The van der Waals surface area contributed by atoms with Crippen molar-refractivity contribution in [2.45, 2.75) is 20.4 Å². The highest BCUT2D eigenvalue weighted by Crippen LogP contribution is 2.20. The van der Waals surface area contributed by atoms with Gasteiger partial charge in [0, 0.05) is 16.3 Å². The second-order valence-corrected chi connectivity index (χ2v) is 5.90. The SMILES string of the molecule is Cc1cc(C)n(CCOC(=O)c2cc(-c3ccc(Cl)cc3)n[nH]2)n1. The third-order valence-electron chi connectivity index (χ3n) is 3.58. The van der Waals surface area contributed by atoms with Crippen molar-refractivity contribution in [3.8, 4) is 11.3 Å². The first-order valence-electron chi connectivity index (χ1n) is 7.52. The van der Waals surface area contributed by atoms with Gasteiger partial charge >= 0.3 is 5.97 Å². The minimum absolute atomic E-state index is 0.246. The molecule has 0 atom stereocenters. The third kappa shape index (κ3) is 3.65. The number of carbonyl (C=O) groups excluding carboxylic acids is 1. The van der Waals surface area contributed by atoms with E-state index in [0.29, 0.717) is 23.0 Å². The predicted molar refractivity (Wildman–Crippen MR) is 91.0 cm³/mol. The van der Waals surface area contributed by atoms with Crippen LogP contribution >= 0.6 is 11.6 Å². The highest BCUT2D eigenvalue weighted by molar-refractivity contribution is 6.30. The van der Waals surface area contributed by atoms with Crippen molar-refractivity contribution < 1.29 is 9.53 Å². The van der Waals surface area contributed by atoms with E-state index >= 15 is 0 Å². The number of H-pyrrole nitrogens is 1. The van der Waals surface area contributed by atoms with Crippen LogP contribution in [0.5, 0.6) is 0 Å². The molecule has 0 amide bonds. The van der Waals surface area contributed by atoms with Crippen molar-refractivity contribution >= 4 is 17.6 Å². The van der Waals surface area contributed by atoms with Gasteiger partial charge in [0.05, 0.1) is 17.9 Å². The van der Waals surface area contributed by atoms with Crippen LogP contribution in [0.4, 0.5) is 0 Å². The minimum atomic E-state index is -0.441. The Morgan fingerprint density at radius 2 is 2.00 bits per heavy atom. The van der Waals surface area contributed by atoms with Gasteiger partial charge in [0.1, 0.15) is 12.3 Å². The van der Waals surface area contributed by atoms with E-state index in [2.05, 4.69) is 15.3 Å². The first-order chi connectivity index (χ1) is 11.5. The van der Waals surface area contributed by atoms with Crippen molar-refractivity contribution in [1.82, 2.24) is 20.0 Å². The molecule has 2 heterocycles. The van der Waals surface area contributed by atoms with Crippen LogP contribution in [-0.4, -0.2) is 32.6 Å². The summed E-state index contributed by atoms with van der Waals surface area (Å²) < 4.78 is 7.09. The minimum Gasteiger partial charge on any atom is -0.459 e. The Morgan fingerprint density at radius 3 is 2.67 bits per heavy atom. The maximum atomic E-state index is 12.1. The molecule has 0 unspecified atom stereocenters. The van der Waals surface area contributed by atoms with E-state index in [0.717, 1.165) is 17.0 Å². The van der Waals surface area contributed by atoms with Gasteiger partial charge in [-0.05, 0) is 38.1 Å². The Balaban J connectivity index is 1.59. The Bertz CT molecular complexity index is 852. The second-order valence-electron chi connectivity index (χ2n) is 5.46. The zero-order valence-corrected chi connectivity index (χ0v) is 14.2. The number of aromatic amines is 1. The lowest BCUT2D eigenvalue weighted by Crippen LogP contribution is -2.13. The van der Waals surface area contributed by atoms with Gasteiger partial charge in [-0.15, -0.1) is 0 Å². The second kappa shape index (κ2) is 6.88. The number of aromatic nitrogens is 4. The molecule has 1 N–H and O–H groups in total. The summed E-state index contributed by atoms with van der Waals surface area (Å²) >= 11 is 5.87. The Morgan fingerprint density at radius 1 is 1.25 bits per heavy atom. The fraction of sp³-hybridized carbons (Fsp3) is 0.235. The maximum Gasteiger partial charge on any atom is 0.356 e. The van der Waals surface area contributed by atoms with Gasteiger partial charge in [-0.25, -0.2) is 4.79 Å². The highest BCUT2D eigenvalue weighted by atomic mass is 35.5. The molecule has 0 saturated carbocycles. The molecular formula is C17H17ClN4O2. The number of ether oxygens (including phenoxy) is 1. The first-order valence-corrected chi connectivity index (χ1v) is 7.90. The molecule has 0 fully saturated rings. The van der Waals surface area contributed by atoms with Gasteiger partial charge in [0.15, 0.2) is 0 Å². The van der Waals surface area contributed by atoms with E-state index < -0.39 is 5.97 Å². The highest BCUT2D eigenvalue weighted by Gasteiger charge is 2.12. The van der Waals surface area contributed by atoms with Gasteiger partial charge < -0.3 is 4.74 Å². The fourth-order valence-corrected chi connectivity index (χ4v) is 2.52. The molecule has 124 valence electrons. The van der Waals surface area contributed by atoms with Crippen LogP contribution in [0.2, 0.25) is 5.02 Å². The molecular weight excluding hydrogens is 328 g/mol. The monoisotopic (exact) mass is 344 g/mol. The van der Waals surface area contributed by atoms with E-state index in [-0.39, 0.29) is 6.61 Å². The van der Waals surface area contributed by atoms with Crippen LogP contribution in [-0.2, 0) is 11.3 Å². The van der Waals surface area contributed by atoms with Crippen molar-refractivity contribution in [2.75, 3.05) is 6.61 Å². The number of benzene rings is 1. The molecule has 1 aromatic carbocycles. The van der Waals surface area contributed by atoms with Crippen molar-refractivity contribution in [1.29, 1.82) is 0 Å². The number of hydrogen-bond donors (Lipinski definition) is 1. The van der Waals surface area contributed by atoms with E-state index in [4.69, 9.17) is 16.3 Å². The lowest BCUT2D eigenvalue weighted by molar-refractivity contribution is 0.0480. The standard InChI is InChI=1S/C17H17ClN4O2/c1-11-9-12(2)22(21-11)7-8-24-17(23)16-10-15(19-20-16)13-3-5-14(18)6-4-13/h3-6,9-10H,7-8H2,1-2H3,(H,19,20). The molecule has 24 heavy (non-hydrogen) atoms. The van der Waals surface area contributed by atoms with Crippen molar-refractivity contribution in [3.63, 3.8) is 0 Å². The smallest absolute Gasteiger partial charge is 0.356 e. The van der Waals surface area contributed by atoms with Crippen LogP contribution in [0.25, 0.3) is 11.3 Å². The van der Waals surface area contributed by atoms with Crippen molar-refractivity contribution in [3.05, 3.63) is 58.5 Å². The molecule has 2 aromatic heterocycles. The number of nitrogens with one attached hydrogen (secondary N) is 1. The summed E-state index contributed by atoms with van der Waals surface area (Å²) in [6.45, 7) is 4.66. The normalized spacial score (nSPS) is 10.8. The number of aryl methyl sites for hydroxylation is 2. The average molecular weight is 345 g/mol. The third-order valence-corrected chi connectivity index (χ3v) is 3.83. The van der Waals surface area contributed by atoms with Gasteiger partial charge in [0.2, 0.25) is 0 Å². The number of nitrogens with zero attached hydrogens (tertiary/aromatic N) is 3. The molecule has 6 nitrogen and oxygen atoms in total. The number of esters is 1. The molecule has 0 saturated heterocycles. The summed E-state index contributed by atoms with van der Waals surface area (Å²) in [5, 5.41) is 11.8. The predicted octanol–water partition coefficient (Wildman–Crippen LogP) is 3.40. The molecule has 0 spiro atoms. The summed E-state index contributed by atoms with van der Waals surface area (Å²) in [4.78, 5) is 12.1. The first kappa shape index (κ1) is 16.3. The van der Waals surface area contributed by atoms with E-state index in [1.165, 1.54) is 0 Å². The Kier molecular flexibility index (Phi) is 4.66. The average Bonchev–Trinajstić information content (AvgIpc) is 3.15. The van der Waals surface area contributed by atoms with Gasteiger partial charge in [-0.3, -0.25) is 9.78 Å². The summed E-state index contributed by atoms with van der Waals surface area (Å²) in [5.41, 5.74) is 3.83. The Hall–Kier alpha value is -2.60. The number of carbonyl (C=O) groups is 1. The molecule has 3 rings (SSSR count). The summed E-state index contributed by atoms with van der Waals surface area (Å²) in [6.07, 6.45) is 0. The number of hydrogen-bond acceptors (Lipinski definition) is 4. The van der Waals surface area contributed by atoms with E-state index in [1.54, 1.807) is 18.2 Å². The van der Waals surface area contributed by atoms with Gasteiger partial charge in [-0.1, -0.05) is 23.7 Å². The van der Waals surface area contributed by atoms with Crippen LogP contribution in [0.15, 0.2) is 36.4 Å². The zero-order valence-electron chi connectivity index (χ0n) is 13.4. The lowest BCUT2D eigenvalue weighted by Gasteiger charge is -2.05. The zero-order chi connectivity index (χ0) is 17.1. The van der Waals surface area contributed by atoms with Gasteiger partial charge in [0.25, 0.3) is 0 Å². The number of halogens is 1. The molecule has 0 bridgehead atoms. The topological polar surface area (TPSA) is 72.8 Å². The molecule has 0 aliphatic carbocycles. The Labute approximate surface area is 144 Å². The van der Waals surface area contributed by atoms with Crippen LogP contribution in [0.1, 0.15) is 21.9 Å². The molecule has 0 aliphatic heterocycles.